The Morgan fingerprint density at radius 3 is 2.78 bits per heavy atom. The standard InChI is InChI=1S/C16H12BrFN2O2S/c1-9(22-12-5-2-10(17)3-6-12)15(21)20-16-19-13-7-4-11(18)8-14(13)23-16/h2-9H,1H3,(H,19,20,21)/t9-/m1/s1. The largest absolute Gasteiger partial charge is 0.481 e. The Bertz CT molecular complexity index is 851. The molecule has 0 unspecified atom stereocenters. The van der Waals surface area contributed by atoms with Crippen LogP contribution in [0.4, 0.5) is 9.52 Å². The molecular formula is C16H12BrFN2O2S. The van der Waals surface area contributed by atoms with Gasteiger partial charge in [0, 0.05) is 4.47 Å². The van der Waals surface area contributed by atoms with E-state index in [2.05, 4.69) is 26.2 Å². The van der Waals surface area contributed by atoms with Crippen molar-refractivity contribution in [1.82, 2.24) is 4.98 Å². The van der Waals surface area contributed by atoms with Gasteiger partial charge in [0.15, 0.2) is 11.2 Å². The summed E-state index contributed by atoms with van der Waals surface area (Å²) in [4.78, 5) is 16.4. The minimum atomic E-state index is -0.681. The van der Waals surface area contributed by atoms with Gasteiger partial charge in [0.25, 0.3) is 5.91 Å². The number of hydrogen-bond donors (Lipinski definition) is 1. The van der Waals surface area contributed by atoms with Crippen LogP contribution in [-0.2, 0) is 4.79 Å². The number of nitrogens with one attached hydrogen (secondary N) is 1. The van der Waals surface area contributed by atoms with Gasteiger partial charge in [0.05, 0.1) is 10.2 Å². The summed E-state index contributed by atoms with van der Waals surface area (Å²) in [6.07, 6.45) is -0.681. The van der Waals surface area contributed by atoms with Gasteiger partial charge in [-0.25, -0.2) is 9.37 Å². The van der Waals surface area contributed by atoms with E-state index >= 15 is 0 Å². The Hall–Kier alpha value is -1.99. The normalized spacial score (nSPS) is 12.1. The summed E-state index contributed by atoms with van der Waals surface area (Å²) in [5.74, 6) is -0.0411. The zero-order valence-corrected chi connectivity index (χ0v) is 14.4. The van der Waals surface area contributed by atoms with Gasteiger partial charge < -0.3 is 4.74 Å². The maximum absolute atomic E-state index is 13.2. The predicted molar refractivity (Wildman–Crippen MR) is 92.4 cm³/mol. The number of aromatic nitrogens is 1. The second-order valence-electron chi connectivity index (χ2n) is 4.83. The first-order valence-corrected chi connectivity index (χ1v) is 8.41. The van der Waals surface area contributed by atoms with Crippen molar-refractivity contribution in [2.45, 2.75) is 13.0 Å². The van der Waals surface area contributed by atoms with Crippen molar-refractivity contribution < 1.29 is 13.9 Å². The van der Waals surface area contributed by atoms with Crippen LogP contribution < -0.4 is 10.1 Å². The second-order valence-corrected chi connectivity index (χ2v) is 6.78. The minimum Gasteiger partial charge on any atom is -0.481 e. The third-order valence-corrected chi connectivity index (χ3v) is 4.54. The Labute approximate surface area is 144 Å². The van der Waals surface area contributed by atoms with Crippen LogP contribution in [0.15, 0.2) is 46.9 Å². The van der Waals surface area contributed by atoms with E-state index in [1.165, 1.54) is 23.5 Å². The van der Waals surface area contributed by atoms with Gasteiger partial charge in [-0.3, -0.25) is 10.1 Å². The summed E-state index contributed by atoms with van der Waals surface area (Å²) in [5.41, 5.74) is 0.646. The van der Waals surface area contributed by atoms with Gasteiger partial charge in [0.2, 0.25) is 0 Å². The van der Waals surface area contributed by atoms with E-state index in [0.717, 1.165) is 4.47 Å². The summed E-state index contributed by atoms with van der Waals surface area (Å²) >= 11 is 4.56. The molecule has 1 N–H and O–H groups in total. The highest BCUT2D eigenvalue weighted by molar-refractivity contribution is 9.10. The lowest BCUT2D eigenvalue weighted by Gasteiger charge is -2.13. The minimum absolute atomic E-state index is 0.313. The van der Waals surface area contributed by atoms with E-state index in [9.17, 15) is 9.18 Å². The molecule has 0 fully saturated rings. The van der Waals surface area contributed by atoms with Crippen LogP contribution in [0.25, 0.3) is 10.2 Å². The highest BCUT2D eigenvalue weighted by Gasteiger charge is 2.17. The van der Waals surface area contributed by atoms with Crippen LogP contribution in [0.3, 0.4) is 0 Å². The first-order valence-electron chi connectivity index (χ1n) is 6.80. The molecule has 118 valence electrons. The molecule has 2 aromatic carbocycles. The van der Waals surface area contributed by atoms with Crippen molar-refractivity contribution in [2.24, 2.45) is 0 Å². The summed E-state index contributed by atoms with van der Waals surface area (Å²) < 4.78 is 20.4. The molecular weight excluding hydrogens is 383 g/mol. The molecule has 7 heteroatoms. The van der Waals surface area contributed by atoms with E-state index < -0.39 is 6.10 Å². The van der Waals surface area contributed by atoms with Crippen LogP contribution in [-0.4, -0.2) is 17.0 Å². The molecule has 0 spiro atoms. The van der Waals surface area contributed by atoms with Crippen molar-refractivity contribution in [2.75, 3.05) is 5.32 Å². The molecule has 3 aromatic rings. The zero-order chi connectivity index (χ0) is 16.4. The molecule has 0 aliphatic heterocycles. The second kappa shape index (κ2) is 6.64. The highest BCUT2D eigenvalue weighted by Crippen LogP contribution is 2.26. The number of anilines is 1. The fourth-order valence-corrected chi connectivity index (χ4v) is 3.09. The molecule has 1 heterocycles. The van der Waals surface area contributed by atoms with E-state index in [0.29, 0.717) is 21.1 Å². The zero-order valence-electron chi connectivity index (χ0n) is 12.0. The first kappa shape index (κ1) is 15.9. The topological polar surface area (TPSA) is 51.2 Å². The monoisotopic (exact) mass is 394 g/mol. The van der Waals surface area contributed by atoms with Crippen molar-refractivity contribution in [1.29, 1.82) is 0 Å². The molecule has 23 heavy (non-hydrogen) atoms. The number of carbonyl (C=O) groups is 1. The van der Waals surface area contributed by atoms with Crippen molar-refractivity contribution in [3.63, 3.8) is 0 Å². The van der Waals surface area contributed by atoms with Crippen LogP contribution in [0.2, 0.25) is 0 Å². The quantitative estimate of drug-likeness (QED) is 0.702. The fourth-order valence-electron chi connectivity index (χ4n) is 1.93. The van der Waals surface area contributed by atoms with E-state index in [-0.39, 0.29) is 11.7 Å². The number of benzene rings is 2. The van der Waals surface area contributed by atoms with Gasteiger partial charge in [0.1, 0.15) is 11.6 Å². The first-order chi connectivity index (χ1) is 11.0. The van der Waals surface area contributed by atoms with Crippen LogP contribution >= 0.6 is 27.3 Å². The number of amides is 1. The summed E-state index contributed by atoms with van der Waals surface area (Å²) in [7, 11) is 0. The Morgan fingerprint density at radius 1 is 1.30 bits per heavy atom. The SMILES string of the molecule is C[C@@H](Oc1ccc(Br)cc1)C(=O)Nc1nc2ccc(F)cc2s1. The van der Waals surface area contributed by atoms with Crippen molar-refractivity contribution >= 4 is 48.5 Å². The number of thiazole rings is 1. The Balaban J connectivity index is 1.68. The highest BCUT2D eigenvalue weighted by atomic mass is 79.9. The number of nitrogens with zero attached hydrogens (tertiary/aromatic N) is 1. The molecule has 0 aliphatic rings. The molecule has 1 atom stereocenters. The molecule has 1 aromatic heterocycles. The molecule has 0 bridgehead atoms. The summed E-state index contributed by atoms with van der Waals surface area (Å²) in [6.45, 7) is 1.66. The lowest BCUT2D eigenvalue weighted by molar-refractivity contribution is -0.122. The van der Waals surface area contributed by atoms with Gasteiger partial charge in [-0.2, -0.15) is 0 Å². The van der Waals surface area contributed by atoms with Gasteiger partial charge in [-0.05, 0) is 49.4 Å². The summed E-state index contributed by atoms with van der Waals surface area (Å²) in [5, 5.41) is 3.11. The molecule has 0 radical (unpaired) electrons. The molecule has 0 aliphatic carbocycles. The van der Waals surface area contributed by atoms with Crippen LogP contribution in [0, 0.1) is 5.82 Å². The van der Waals surface area contributed by atoms with Crippen molar-refractivity contribution in [3.05, 3.63) is 52.8 Å². The molecule has 0 saturated carbocycles. The van der Waals surface area contributed by atoms with E-state index in [4.69, 9.17) is 4.74 Å². The van der Waals surface area contributed by atoms with Gasteiger partial charge >= 0.3 is 0 Å². The third kappa shape index (κ3) is 3.86. The number of fused-ring (bicyclic) bond motifs is 1. The lowest BCUT2D eigenvalue weighted by Crippen LogP contribution is -2.30. The number of ether oxygens (including phenoxy) is 1. The third-order valence-electron chi connectivity index (χ3n) is 3.08. The number of carbonyl (C=O) groups excluding carboxylic acids is 1. The average molecular weight is 395 g/mol. The van der Waals surface area contributed by atoms with E-state index in [1.54, 1.807) is 25.1 Å². The Morgan fingerprint density at radius 2 is 2.04 bits per heavy atom. The van der Waals surface area contributed by atoms with E-state index in [1.807, 2.05) is 12.1 Å². The average Bonchev–Trinajstić information content (AvgIpc) is 2.90. The fraction of sp³-hybridized carbons (Fsp3) is 0.125. The van der Waals surface area contributed by atoms with Crippen molar-refractivity contribution in [3.8, 4) is 5.75 Å². The molecule has 3 rings (SSSR count). The number of halogens is 2. The molecule has 0 saturated heterocycles. The van der Waals surface area contributed by atoms with Gasteiger partial charge in [-0.1, -0.05) is 27.3 Å². The summed E-state index contributed by atoms with van der Waals surface area (Å²) in [6, 6.07) is 11.5. The number of rotatable bonds is 4. The smallest absolute Gasteiger partial charge is 0.266 e. The van der Waals surface area contributed by atoms with Gasteiger partial charge in [-0.15, -0.1) is 0 Å². The van der Waals surface area contributed by atoms with Crippen LogP contribution in [0.1, 0.15) is 6.92 Å². The van der Waals surface area contributed by atoms with Crippen LogP contribution in [0.5, 0.6) is 5.75 Å². The molecule has 1 amide bonds. The number of hydrogen-bond acceptors (Lipinski definition) is 4. The molecule has 4 nitrogen and oxygen atoms in total. The predicted octanol–water partition coefficient (Wildman–Crippen LogP) is 4.60. The Kier molecular flexibility index (Phi) is 4.58. The maximum atomic E-state index is 13.2. The lowest BCUT2D eigenvalue weighted by atomic mass is 10.3. The maximum Gasteiger partial charge on any atom is 0.266 e.